The standard InChI is InChI=1S/C12H15N3OS2/c1-3-4-5-10-14-15-12(18-10)13-11(16)9-6-8(2)7-17-9/h6-7H,3-5H2,1-2H3,(H,13,15,16). The molecule has 0 unspecified atom stereocenters. The lowest BCUT2D eigenvalue weighted by Gasteiger charge is -1.96. The third-order valence-electron chi connectivity index (χ3n) is 2.39. The van der Waals surface area contributed by atoms with Crippen LogP contribution in [0.4, 0.5) is 5.13 Å². The zero-order valence-corrected chi connectivity index (χ0v) is 12.0. The second-order valence-electron chi connectivity index (χ2n) is 4.05. The summed E-state index contributed by atoms with van der Waals surface area (Å²) in [5.41, 5.74) is 1.10. The van der Waals surface area contributed by atoms with E-state index in [1.807, 2.05) is 18.4 Å². The van der Waals surface area contributed by atoms with Gasteiger partial charge in [-0.15, -0.1) is 21.5 Å². The maximum atomic E-state index is 11.9. The van der Waals surface area contributed by atoms with E-state index >= 15 is 0 Å². The summed E-state index contributed by atoms with van der Waals surface area (Å²) in [6.45, 7) is 4.12. The Labute approximate surface area is 114 Å². The molecule has 0 fully saturated rings. The Hall–Kier alpha value is -1.27. The molecule has 0 aliphatic rings. The molecule has 1 N–H and O–H groups in total. The van der Waals surface area contributed by atoms with Crippen LogP contribution in [0.3, 0.4) is 0 Å². The Bertz CT molecular complexity index is 533. The van der Waals surface area contributed by atoms with Crippen LogP contribution < -0.4 is 5.32 Å². The Morgan fingerprint density at radius 2 is 2.28 bits per heavy atom. The molecule has 4 nitrogen and oxygen atoms in total. The molecule has 0 saturated carbocycles. The molecule has 0 saturated heterocycles. The molecule has 0 bridgehead atoms. The fourth-order valence-corrected chi connectivity index (χ4v) is 3.01. The number of anilines is 1. The molecular weight excluding hydrogens is 266 g/mol. The van der Waals surface area contributed by atoms with Gasteiger partial charge in [0, 0.05) is 6.42 Å². The number of unbranched alkanes of at least 4 members (excludes halogenated alkanes) is 1. The number of nitrogens with zero attached hydrogens (tertiary/aromatic N) is 2. The van der Waals surface area contributed by atoms with E-state index in [0.29, 0.717) is 10.0 Å². The summed E-state index contributed by atoms with van der Waals surface area (Å²) >= 11 is 2.90. The van der Waals surface area contributed by atoms with Gasteiger partial charge in [0.2, 0.25) is 5.13 Å². The third-order valence-corrected chi connectivity index (χ3v) is 4.33. The van der Waals surface area contributed by atoms with Crippen LogP contribution in [0.25, 0.3) is 0 Å². The molecule has 2 aromatic rings. The van der Waals surface area contributed by atoms with Gasteiger partial charge in [-0.1, -0.05) is 24.7 Å². The summed E-state index contributed by atoms with van der Waals surface area (Å²) in [7, 11) is 0. The molecular formula is C12H15N3OS2. The van der Waals surface area contributed by atoms with Gasteiger partial charge in [-0.05, 0) is 30.4 Å². The maximum absolute atomic E-state index is 11.9. The fraction of sp³-hybridized carbons (Fsp3) is 0.417. The van der Waals surface area contributed by atoms with E-state index in [-0.39, 0.29) is 5.91 Å². The van der Waals surface area contributed by atoms with Crippen molar-refractivity contribution < 1.29 is 4.79 Å². The Morgan fingerprint density at radius 1 is 1.44 bits per heavy atom. The van der Waals surface area contributed by atoms with Crippen molar-refractivity contribution in [3.05, 3.63) is 26.9 Å². The van der Waals surface area contributed by atoms with Crippen LogP contribution in [0.15, 0.2) is 11.4 Å². The minimum Gasteiger partial charge on any atom is -0.296 e. The Kier molecular flexibility index (Phi) is 4.43. The number of rotatable bonds is 5. The van der Waals surface area contributed by atoms with E-state index < -0.39 is 0 Å². The monoisotopic (exact) mass is 281 g/mol. The number of thiophene rings is 1. The van der Waals surface area contributed by atoms with Gasteiger partial charge >= 0.3 is 0 Å². The third kappa shape index (κ3) is 3.36. The van der Waals surface area contributed by atoms with Gasteiger partial charge in [0.05, 0.1) is 4.88 Å². The first-order valence-electron chi connectivity index (χ1n) is 5.88. The van der Waals surface area contributed by atoms with E-state index in [4.69, 9.17) is 0 Å². The normalized spacial score (nSPS) is 10.6. The van der Waals surface area contributed by atoms with E-state index in [0.717, 1.165) is 29.8 Å². The molecule has 0 spiro atoms. The lowest BCUT2D eigenvalue weighted by molar-refractivity contribution is 0.103. The number of hydrogen-bond donors (Lipinski definition) is 1. The van der Waals surface area contributed by atoms with Crippen LogP contribution in [-0.4, -0.2) is 16.1 Å². The Balaban J connectivity index is 1.97. The van der Waals surface area contributed by atoms with E-state index in [1.165, 1.54) is 22.7 Å². The van der Waals surface area contributed by atoms with Gasteiger partial charge in [-0.25, -0.2) is 0 Å². The summed E-state index contributed by atoms with van der Waals surface area (Å²) in [6.07, 6.45) is 3.17. The van der Waals surface area contributed by atoms with Crippen molar-refractivity contribution in [3.8, 4) is 0 Å². The van der Waals surface area contributed by atoms with Gasteiger partial charge in [-0.3, -0.25) is 10.1 Å². The lowest BCUT2D eigenvalue weighted by Crippen LogP contribution is -2.09. The van der Waals surface area contributed by atoms with Crippen molar-refractivity contribution in [1.82, 2.24) is 10.2 Å². The predicted octanol–water partition coefficient (Wildman–Crippen LogP) is 3.50. The molecule has 2 heterocycles. The minimum absolute atomic E-state index is 0.105. The molecule has 18 heavy (non-hydrogen) atoms. The zero-order chi connectivity index (χ0) is 13.0. The smallest absolute Gasteiger partial charge is 0.267 e. The predicted molar refractivity (Wildman–Crippen MR) is 75.5 cm³/mol. The van der Waals surface area contributed by atoms with Crippen molar-refractivity contribution in [1.29, 1.82) is 0 Å². The number of nitrogens with one attached hydrogen (secondary N) is 1. The quantitative estimate of drug-likeness (QED) is 0.912. The summed E-state index contributed by atoms with van der Waals surface area (Å²) in [5.74, 6) is -0.105. The number of amides is 1. The average Bonchev–Trinajstić information content (AvgIpc) is 2.96. The number of hydrogen-bond acceptors (Lipinski definition) is 5. The molecule has 2 rings (SSSR count). The molecule has 0 aliphatic carbocycles. The molecule has 0 radical (unpaired) electrons. The van der Waals surface area contributed by atoms with Crippen LogP contribution in [0, 0.1) is 6.92 Å². The second kappa shape index (κ2) is 6.06. The van der Waals surface area contributed by atoms with Crippen molar-refractivity contribution in [2.75, 3.05) is 5.32 Å². The van der Waals surface area contributed by atoms with Crippen LogP contribution in [-0.2, 0) is 6.42 Å². The maximum Gasteiger partial charge on any atom is 0.267 e. The van der Waals surface area contributed by atoms with Gasteiger partial charge in [0.25, 0.3) is 5.91 Å². The van der Waals surface area contributed by atoms with Gasteiger partial charge in [0.15, 0.2) is 0 Å². The summed E-state index contributed by atoms with van der Waals surface area (Å²) in [4.78, 5) is 12.6. The van der Waals surface area contributed by atoms with Gasteiger partial charge in [-0.2, -0.15) is 0 Å². The first-order chi connectivity index (χ1) is 8.69. The highest BCUT2D eigenvalue weighted by Crippen LogP contribution is 2.20. The summed E-state index contributed by atoms with van der Waals surface area (Å²) in [5, 5.41) is 14.4. The largest absolute Gasteiger partial charge is 0.296 e. The zero-order valence-electron chi connectivity index (χ0n) is 10.4. The Morgan fingerprint density at radius 3 is 2.94 bits per heavy atom. The molecule has 2 aromatic heterocycles. The molecule has 6 heteroatoms. The lowest BCUT2D eigenvalue weighted by atomic mass is 10.3. The number of carbonyl (C=O) groups excluding carboxylic acids is 1. The minimum atomic E-state index is -0.105. The van der Waals surface area contributed by atoms with Gasteiger partial charge < -0.3 is 0 Å². The summed E-state index contributed by atoms with van der Waals surface area (Å²) < 4.78 is 0. The van der Waals surface area contributed by atoms with E-state index in [1.54, 1.807) is 0 Å². The van der Waals surface area contributed by atoms with Crippen molar-refractivity contribution >= 4 is 33.7 Å². The van der Waals surface area contributed by atoms with Crippen LogP contribution in [0.2, 0.25) is 0 Å². The number of aromatic nitrogens is 2. The van der Waals surface area contributed by atoms with Crippen molar-refractivity contribution in [2.45, 2.75) is 33.1 Å². The highest BCUT2D eigenvalue weighted by molar-refractivity contribution is 7.15. The highest BCUT2D eigenvalue weighted by atomic mass is 32.1. The topological polar surface area (TPSA) is 54.9 Å². The molecule has 0 aliphatic heterocycles. The van der Waals surface area contributed by atoms with Crippen molar-refractivity contribution in [2.24, 2.45) is 0 Å². The first kappa shape index (κ1) is 13.2. The molecule has 1 amide bonds. The average molecular weight is 281 g/mol. The van der Waals surface area contributed by atoms with Crippen LogP contribution in [0.5, 0.6) is 0 Å². The molecule has 0 aromatic carbocycles. The van der Waals surface area contributed by atoms with Crippen molar-refractivity contribution in [3.63, 3.8) is 0 Å². The van der Waals surface area contributed by atoms with Crippen LogP contribution >= 0.6 is 22.7 Å². The number of carbonyl (C=O) groups is 1. The van der Waals surface area contributed by atoms with E-state index in [2.05, 4.69) is 22.4 Å². The first-order valence-corrected chi connectivity index (χ1v) is 7.57. The fourth-order valence-electron chi connectivity index (χ4n) is 1.44. The molecule has 96 valence electrons. The molecule has 0 atom stereocenters. The second-order valence-corrected chi connectivity index (χ2v) is 6.02. The van der Waals surface area contributed by atoms with Gasteiger partial charge in [0.1, 0.15) is 5.01 Å². The van der Waals surface area contributed by atoms with E-state index in [9.17, 15) is 4.79 Å². The SMILES string of the molecule is CCCCc1nnc(NC(=O)c2cc(C)cs2)s1. The van der Waals surface area contributed by atoms with Crippen LogP contribution in [0.1, 0.15) is 40.0 Å². The summed E-state index contributed by atoms with van der Waals surface area (Å²) in [6, 6.07) is 1.87. The highest BCUT2D eigenvalue weighted by Gasteiger charge is 2.11. The number of aryl methyl sites for hydroxylation is 2.